The maximum absolute atomic E-state index is 2.64. The lowest BCUT2D eigenvalue weighted by molar-refractivity contribution is 0.240. The van der Waals surface area contributed by atoms with Crippen LogP contribution in [0.4, 0.5) is 0 Å². The predicted octanol–water partition coefficient (Wildman–Crippen LogP) is 9.97. The van der Waals surface area contributed by atoms with E-state index in [1.165, 1.54) is 34.2 Å². The van der Waals surface area contributed by atoms with E-state index in [2.05, 4.69) is 125 Å². The highest BCUT2D eigenvalue weighted by Crippen LogP contribution is 2.65. The van der Waals surface area contributed by atoms with Crippen molar-refractivity contribution in [2.24, 2.45) is 22.7 Å². The molecule has 35 heavy (non-hydrogen) atoms. The van der Waals surface area contributed by atoms with Crippen LogP contribution in [0.25, 0.3) is 11.1 Å². The van der Waals surface area contributed by atoms with Crippen molar-refractivity contribution in [2.75, 3.05) is 0 Å². The highest BCUT2D eigenvalue weighted by Gasteiger charge is 2.54. The van der Waals surface area contributed by atoms with Gasteiger partial charge in [0, 0.05) is 11.8 Å². The van der Waals surface area contributed by atoms with E-state index in [9.17, 15) is 0 Å². The molecule has 0 saturated heterocycles. The van der Waals surface area contributed by atoms with Gasteiger partial charge in [-0.2, -0.15) is 0 Å². The van der Waals surface area contributed by atoms with Crippen molar-refractivity contribution in [3.05, 3.63) is 82.0 Å². The third-order valence-corrected chi connectivity index (χ3v) is 9.33. The maximum Gasteiger partial charge on any atom is 0.0164 e. The standard InChI is InChI=1S/C35H46/c1-21-20-35(11,30-19-24(18-27(21)30)34(8,9)10)31-25-14-12-22(32(2,3)4)16-28(25)29-17-23(33(5,6)7)13-15-26(29)31/h12-19,21,30-31H,20H2,1-11H3. The molecule has 0 radical (unpaired) electrons. The van der Waals surface area contributed by atoms with E-state index in [1.807, 2.05) is 0 Å². The van der Waals surface area contributed by atoms with E-state index in [-0.39, 0.29) is 21.7 Å². The Hall–Kier alpha value is -2.08. The van der Waals surface area contributed by atoms with Gasteiger partial charge in [-0.1, -0.05) is 130 Å². The second-order valence-electron chi connectivity index (χ2n) is 15.1. The fourth-order valence-electron chi connectivity index (χ4n) is 7.18. The summed E-state index contributed by atoms with van der Waals surface area (Å²) < 4.78 is 0. The summed E-state index contributed by atoms with van der Waals surface area (Å²) in [5.74, 6) is 1.60. The Morgan fingerprint density at radius 2 is 1.20 bits per heavy atom. The third-order valence-electron chi connectivity index (χ3n) is 9.33. The Morgan fingerprint density at radius 1 is 0.714 bits per heavy atom. The molecule has 0 heteroatoms. The molecule has 0 nitrogen and oxygen atoms in total. The van der Waals surface area contributed by atoms with E-state index in [0.717, 1.165) is 0 Å². The SMILES string of the molecule is CC1CC(C)(C2c3ccc(C(C)(C)C)cc3-c3cc(C(C)(C)C)ccc32)C2C=C(C(C)(C)C)C=C12. The van der Waals surface area contributed by atoms with E-state index in [1.54, 1.807) is 16.7 Å². The Kier molecular flexibility index (Phi) is 5.25. The summed E-state index contributed by atoms with van der Waals surface area (Å²) in [4.78, 5) is 0. The molecule has 1 fully saturated rings. The first-order valence-electron chi connectivity index (χ1n) is 13.7. The molecule has 1 saturated carbocycles. The molecule has 3 unspecified atom stereocenters. The Labute approximate surface area is 214 Å². The van der Waals surface area contributed by atoms with Gasteiger partial charge < -0.3 is 0 Å². The molecule has 3 aliphatic rings. The van der Waals surface area contributed by atoms with Crippen LogP contribution in [0.2, 0.25) is 0 Å². The minimum atomic E-state index is 0.145. The minimum Gasteiger partial charge on any atom is -0.0730 e. The smallest absolute Gasteiger partial charge is 0.0164 e. The lowest BCUT2D eigenvalue weighted by atomic mass is 9.65. The Morgan fingerprint density at radius 3 is 1.63 bits per heavy atom. The average Bonchev–Trinajstić information content (AvgIpc) is 3.37. The second kappa shape index (κ2) is 7.47. The van der Waals surface area contributed by atoms with Crippen LogP contribution in [0, 0.1) is 22.7 Å². The fourth-order valence-corrected chi connectivity index (χ4v) is 7.18. The molecule has 186 valence electrons. The number of hydrogen-bond acceptors (Lipinski definition) is 0. The summed E-state index contributed by atoms with van der Waals surface area (Å²) in [7, 11) is 0. The van der Waals surface area contributed by atoms with Crippen LogP contribution in [0.5, 0.6) is 0 Å². The zero-order chi connectivity index (χ0) is 25.7. The van der Waals surface area contributed by atoms with Gasteiger partial charge in [0.25, 0.3) is 0 Å². The van der Waals surface area contributed by atoms with E-state index in [0.29, 0.717) is 17.8 Å². The number of benzene rings is 2. The van der Waals surface area contributed by atoms with E-state index in [4.69, 9.17) is 0 Å². The molecule has 0 aromatic heterocycles. The zero-order valence-corrected chi connectivity index (χ0v) is 24.1. The van der Waals surface area contributed by atoms with Crippen LogP contribution >= 0.6 is 0 Å². The molecule has 0 spiro atoms. The van der Waals surface area contributed by atoms with Gasteiger partial charge in [-0.15, -0.1) is 0 Å². The van der Waals surface area contributed by atoms with E-state index < -0.39 is 0 Å². The van der Waals surface area contributed by atoms with Gasteiger partial charge in [-0.3, -0.25) is 0 Å². The lowest BCUT2D eigenvalue weighted by Gasteiger charge is -2.38. The summed E-state index contributed by atoms with van der Waals surface area (Å²) >= 11 is 0. The summed E-state index contributed by atoms with van der Waals surface area (Å²) in [6.45, 7) is 26.2. The highest BCUT2D eigenvalue weighted by atomic mass is 14.6. The molecule has 2 aromatic rings. The molecule has 0 aliphatic heterocycles. The van der Waals surface area contributed by atoms with Gasteiger partial charge in [-0.25, -0.2) is 0 Å². The minimum absolute atomic E-state index is 0.145. The van der Waals surface area contributed by atoms with Crippen LogP contribution in [-0.2, 0) is 10.8 Å². The first-order valence-corrected chi connectivity index (χ1v) is 13.7. The molecule has 2 aromatic carbocycles. The van der Waals surface area contributed by atoms with Crippen molar-refractivity contribution < 1.29 is 0 Å². The molecule has 0 N–H and O–H groups in total. The molecule has 5 rings (SSSR count). The van der Waals surface area contributed by atoms with Crippen molar-refractivity contribution >= 4 is 0 Å². The second-order valence-corrected chi connectivity index (χ2v) is 15.1. The van der Waals surface area contributed by atoms with Crippen LogP contribution in [0.3, 0.4) is 0 Å². The number of fused-ring (bicyclic) bond motifs is 4. The topological polar surface area (TPSA) is 0 Å². The molecule has 3 atom stereocenters. The summed E-state index contributed by atoms with van der Waals surface area (Å²) in [6, 6.07) is 14.8. The quantitative estimate of drug-likeness (QED) is 0.392. The van der Waals surface area contributed by atoms with Crippen molar-refractivity contribution in [2.45, 2.75) is 99.3 Å². The van der Waals surface area contributed by atoms with Gasteiger partial charge in [0.2, 0.25) is 0 Å². The molecule has 0 bridgehead atoms. The van der Waals surface area contributed by atoms with Gasteiger partial charge in [0.15, 0.2) is 0 Å². The molecular weight excluding hydrogens is 420 g/mol. The number of rotatable bonds is 1. The van der Waals surface area contributed by atoms with Crippen molar-refractivity contribution in [3.8, 4) is 11.1 Å². The monoisotopic (exact) mass is 466 g/mol. The zero-order valence-electron chi connectivity index (χ0n) is 24.1. The predicted molar refractivity (Wildman–Crippen MR) is 152 cm³/mol. The first-order chi connectivity index (χ1) is 16.0. The summed E-state index contributed by atoms with van der Waals surface area (Å²) in [6.07, 6.45) is 6.45. The van der Waals surface area contributed by atoms with Crippen molar-refractivity contribution in [1.29, 1.82) is 0 Å². The first kappa shape index (κ1) is 24.6. The summed E-state index contributed by atoms with van der Waals surface area (Å²) in [5.41, 5.74) is 12.8. The third kappa shape index (κ3) is 3.78. The fraction of sp³-hybridized carbons (Fsp3) is 0.543. The van der Waals surface area contributed by atoms with Gasteiger partial charge in [0.05, 0.1) is 0 Å². The average molecular weight is 467 g/mol. The Balaban J connectivity index is 1.72. The molecule has 0 heterocycles. The van der Waals surface area contributed by atoms with Crippen LogP contribution in [0.15, 0.2) is 59.7 Å². The van der Waals surface area contributed by atoms with Crippen molar-refractivity contribution in [3.63, 3.8) is 0 Å². The van der Waals surface area contributed by atoms with E-state index >= 15 is 0 Å². The van der Waals surface area contributed by atoms with Crippen LogP contribution < -0.4 is 0 Å². The van der Waals surface area contributed by atoms with Gasteiger partial charge >= 0.3 is 0 Å². The molecule has 0 amide bonds. The van der Waals surface area contributed by atoms with Crippen LogP contribution in [-0.4, -0.2) is 0 Å². The largest absolute Gasteiger partial charge is 0.0730 e. The maximum atomic E-state index is 2.64. The normalized spacial score (nSPS) is 26.4. The van der Waals surface area contributed by atoms with Gasteiger partial charge in [0.1, 0.15) is 0 Å². The van der Waals surface area contributed by atoms with Gasteiger partial charge in [-0.05, 0) is 73.0 Å². The van der Waals surface area contributed by atoms with Crippen molar-refractivity contribution in [1.82, 2.24) is 0 Å². The highest BCUT2D eigenvalue weighted by molar-refractivity contribution is 5.81. The molecular formula is C35H46. The number of hydrogen-bond donors (Lipinski definition) is 0. The van der Waals surface area contributed by atoms with Crippen LogP contribution in [0.1, 0.15) is 111 Å². The lowest BCUT2D eigenvalue weighted by Crippen LogP contribution is -2.29. The molecule has 3 aliphatic carbocycles. The number of allylic oxidation sites excluding steroid dienone is 4. The summed E-state index contributed by atoms with van der Waals surface area (Å²) in [5, 5.41) is 0. The Bertz CT molecular complexity index is 1180.